The Bertz CT molecular complexity index is 931. The third-order valence-electron chi connectivity index (χ3n) is 6.07. The number of halogens is 2. The Morgan fingerprint density at radius 1 is 0.871 bits per heavy atom. The molecular weight excluding hydrogens is 400 g/mol. The number of carbonyl (C=O) groups is 2. The van der Waals surface area contributed by atoms with Crippen LogP contribution in [-0.2, 0) is 0 Å². The molecule has 0 saturated carbocycles. The molecule has 2 aromatic rings. The zero-order valence-electron chi connectivity index (χ0n) is 17.4. The fourth-order valence-electron chi connectivity index (χ4n) is 4.42. The first-order chi connectivity index (χ1) is 15.0. The van der Waals surface area contributed by atoms with E-state index in [1.807, 2.05) is 29.2 Å². The van der Waals surface area contributed by atoms with Crippen LogP contribution in [0.4, 0.5) is 14.5 Å². The van der Waals surface area contributed by atoms with Gasteiger partial charge >= 0.3 is 0 Å². The Morgan fingerprint density at radius 2 is 1.52 bits per heavy atom. The number of anilines is 1. The van der Waals surface area contributed by atoms with Gasteiger partial charge in [0.1, 0.15) is 11.6 Å². The van der Waals surface area contributed by atoms with E-state index < -0.39 is 17.5 Å². The summed E-state index contributed by atoms with van der Waals surface area (Å²) < 4.78 is 26.8. The molecule has 2 aliphatic rings. The van der Waals surface area contributed by atoms with Crippen molar-refractivity contribution in [3.8, 4) is 0 Å². The van der Waals surface area contributed by atoms with Gasteiger partial charge in [0.05, 0.1) is 5.56 Å². The highest BCUT2D eigenvalue weighted by atomic mass is 19.1. The molecule has 0 bridgehead atoms. The Morgan fingerprint density at radius 3 is 2.19 bits per heavy atom. The van der Waals surface area contributed by atoms with Crippen molar-refractivity contribution in [3.63, 3.8) is 0 Å². The second-order valence-electron chi connectivity index (χ2n) is 8.26. The van der Waals surface area contributed by atoms with Crippen molar-refractivity contribution in [2.24, 2.45) is 0 Å². The van der Waals surface area contributed by atoms with Gasteiger partial charge in [0.15, 0.2) is 0 Å². The van der Waals surface area contributed by atoms with Crippen LogP contribution < -0.4 is 10.2 Å². The number of hydrogen-bond acceptors (Lipinski definition) is 3. The summed E-state index contributed by atoms with van der Waals surface area (Å²) in [6.45, 7) is 2.99. The van der Waals surface area contributed by atoms with E-state index in [9.17, 15) is 18.4 Å². The zero-order chi connectivity index (χ0) is 21.8. The van der Waals surface area contributed by atoms with Crippen LogP contribution in [0.1, 0.15) is 52.8 Å². The van der Waals surface area contributed by atoms with Crippen molar-refractivity contribution in [1.82, 2.24) is 10.2 Å². The molecule has 2 saturated heterocycles. The molecule has 7 heteroatoms. The minimum atomic E-state index is -0.769. The number of hydrogen-bond donors (Lipinski definition) is 1. The van der Waals surface area contributed by atoms with E-state index in [0.717, 1.165) is 55.4 Å². The highest BCUT2D eigenvalue weighted by Gasteiger charge is 2.26. The van der Waals surface area contributed by atoms with Crippen molar-refractivity contribution in [2.75, 3.05) is 31.1 Å². The Labute approximate surface area is 181 Å². The molecule has 2 aliphatic heterocycles. The quantitative estimate of drug-likeness (QED) is 0.803. The smallest absolute Gasteiger partial charge is 0.255 e. The Kier molecular flexibility index (Phi) is 6.49. The average Bonchev–Trinajstić information content (AvgIpc) is 2.79. The predicted octanol–water partition coefficient (Wildman–Crippen LogP) is 3.99. The van der Waals surface area contributed by atoms with Gasteiger partial charge in [0.2, 0.25) is 0 Å². The van der Waals surface area contributed by atoms with Gasteiger partial charge in [-0.3, -0.25) is 9.59 Å². The maximum absolute atomic E-state index is 13.4. The predicted molar refractivity (Wildman–Crippen MR) is 115 cm³/mol. The first-order valence-corrected chi connectivity index (χ1v) is 10.9. The topological polar surface area (TPSA) is 52.7 Å². The minimum Gasteiger partial charge on any atom is -0.371 e. The number of amides is 2. The molecule has 1 N–H and O–H groups in total. The molecule has 5 nitrogen and oxygen atoms in total. The maximum atomic E-state index is 13.4. The lowest BCUT2D eigenvalue weighted by molar-refractivity contribution is 0.0724. The van der Waals surface area contributed by atoms with Crippen LogP contribution >= 0.6 is 0 Å². The summed E-state index contributed by atoms with van der Waals surface area (Å²) in [6.07, 6.45) is 4.65. The average molecular weight is 427 g/mol. The van der Waals surface area contributed by atoms with Crippen LogP contribution in [0.25, 0.3) is 0 Å². The maximum Gasteiger partial charge on any atom is 0.255 e. The first kappa shape index (κ1) is 21.3. The van der Waals surface area contributed by atoms with Crippen molar-refractivity contribution in [3.05, 3.63) is 65.2 Å². The summed E-state index contributed by atoms with van der Waals surface area (Å²) in [4.78, 5) is 29.6. The summed E-state index contributed by atoms with van der Waals surface area (Å²) in [6, 6.07) is 10.4. The van der Waals surface area contributed by atoms with Crippen LogP contribution in [0.2, 0.25) is 0 Å². The fraction of sp³-hybridized carbons (Fsp3) is 0.417. The van der Waals surface area contributed by atoms with Crippen LogP contribution in [0.3, 0.4) is 0 Å². The SMILES string of the molecule is O=C(NC1CCN(c2ccccc2C(=O)N2CCCCC2)CC1)c1cc(F)cc(F)c1. The van der Waals surface area contributed by atoms with Crippen LogP contribution in [0.15, 0.2) is 42.5 Å². The fourth-order valence-corrected chi connectivity index (χ4v) is 4.42. The number of nitrogens with zero attached hydrogens (tertiary/aromatic N) is 2. The standard InChI is InChI=1S/C24H27F2N3O2/c25-18-14-17(15-19(26)16-18)23(30)27-20-8-12-28(13-9-20)22-7-3-2-6-21(22)24(31)29-10-4-1-5-11-29/h2-3,6-7,14-16,20H,1,4-5,8-13H2,(H,27,30). The first-order valence-electron chi connectivity index (χ1n) is 10.9. The second-order valence-corrected chi connectivity index (χ2v) is 8.26. The number of piperidine rings is 2. The molecule has 0 atom stereocenters. The lowest BCUT2D eigenvalue weighted by Gasteiger charge is -2.36. The minimum absolute atomic E-state index is 0.0163. The van der Waals surface area contributed by atoms with Crippen LogP contribution in [0.5, 0.6) is 0 Å². The van der Waals surface area contributed by atoms with Gasteiger partial charge in [0.25, 0.3) is 11.8 Å². The van der Waals surface area contributed by atoms with Crippen molar-refractivity contribution in [1.29, 1.82) is 0 Å². The normalized spacial score (nSPS) is 17.5. The monoisotopic (exact) mass is 427 g/mol. The molecule has 0 spiro atoms. The molecule has 4 rings (SSSR count). The van der Waals surface area contributed by atoms with Crippen molar-refractivity contribution >= 4 is 17.5 Å². The summed E-state index contributed by atoms with van der Waals surface area (Å²) >= 11 is 0. The number of benzene rings is 2. The summed E-state index contributed by atoms with van der Waals surface area (Å²) in [5, 5.41) is 2.88. The lowest BCUT2D eigenvalue weighted by atomic mass is 10.0. The van der Waals surface area contributed by atoms with Gasteiger partial charge in [-0.1, -0.05) is 12.1 Å². The number of para-hydroxylation sites is 1. The van der Waals surface area contributed by atoms with E-state index >= 15 is 0 Å². The zero-order valence-corrected chi connectivity index (χ0v) is 17.4. The lowest BCUT2D eigenvalue weighted by Crippen LogP contribution is -2.45. The van der Waals surface area contributed by atoms with Gasteiger partial charge in [-0.2, -0.15) is 0 Å². The van der Waals surface area contributed by atoms with E-state index in [1.165, 1.54) is 6.42 Å². The van der Waals surface area contributed by atoms with E-state index in [1.54, 1.807) is 0 Å². The molecule has 2 fully saturated rings. The Balaban J connectivity index is 1.39. The molecule has 0 radical (unpaired) electrons. The number of nitrogens with one attached hydrogen (secondary N) is 1. The summed E-state index contributed by atoms with van der Waals surface area (Å²) in [7, 11) is 0. The van der Waals surface area contributed by atoms with Gasteiger partial charge in [-0.15, -0.1) is 0 Å². The van der Waals surface area contributed by atoms with Gasteiger partial charge in [-0.05, 0) is 56.4 Å². The molecule has 31 heavy (non-hydrogen) atoms. The Hall–Kier alpha value is -2.96. The molecule has 2 heterocycles. The summed E-state index contributed by atoms with van der Waals surface area (Å²) in [5.41, 5.74) is 1.63. The van der Waals surface area contributed by atoms with Gasteiger partial charge in [-0.25, -0.2) is 8.78 Å². The van der Waals surface area contributed by atoms with E-state index in [0.29, 0.717) is 25.9 Å². The van der Waals surface area contributed by atoms with E-state index in [2.05, 4.69) is 10.2 Å². The van der Waals surface area contributed by atoms with Crippen molar-refractivity contribution in [2.45, 2.75) is 38.1 Å². The molecule has 0 aliphatic carbocycles. The highest BCUT2D eigenvalue weighted by Crippen LogP contribution is 2.26. The highest BCUT2D eigenvalue weighted by molar-refractivity contribution is 6.00. The molecule has 0 unspecified atom stereocenters. The van der Waals surface area contributed by atoms with Crippen LogP contribution in [-0.4, -0.2) is 48.9 Å². The number of carbonyl (C=O) groups excluding carboxylic acids is 2. The third kappa shape index (κ3) is 5.03. The summed E-state index contributed by atoms with van der Waals surface area (Å²) in [5.74, 6) is -1.93. The largest absolute Gasteiger partial charge is 0.371 e. The van der Waals surface area contributed by atoms with E-state index in [4.69, 9.17) is 0 Å². The van der Waals surface area contributed by atoms with Gasteiger partial charge < -0.3 is 15.1 Å². The number of rotatable bonds is 4. The molecule has 164 valence electrons. The molecule has 2 amide bonds. The second kappa shape index (κ2) is 9.45. The number of likely N-dealkylation sites (tertiary alicyclic amines) is 1. The van der Waals surface area contributed by atoms with E-state index in [-0.39, 0.29) is 17.5 Å². The molecule has 0 aromatic heterocycles. The third-order valence-corrected chi connectivity index (χ3v) is 6.07. The molecule has 2 aromatic carbocycles. The van der Waals surface area contributed by atoms with Gasteiger partial charge in [0, 0.05) is 49.5 Å². The van der Waals surface area contributed by atoms with Crippen molar-refractivity contribution < 1.29 is 18.4 Å². The molecular formula is C24H27F2N3O2. The van der Waals surface area contributed by atoms with Crippen LogP contribution in [0, 0.1) is 11.6 Å².